The van der Waals surface area contributed by atoms with E-state index in [1.807, 2.05) is 0 Å². The molecule has 0 aromatic heterocycles. The summed E-state index contributed by atoms with van der Waals surface area (Å²) in [6.45, 7) is 12.1. The largest absolute Gasteiger partial charge is 0.378 e. The van der Waals surface area contributed by atoms with E-state index in [0.717, 1.165) is 32.1 Å². The van der Waals surface area contributed by atoms with Crippen molar-refractivity contribution >= 4 is 0 Å². The topological polar surface area (TPSA) is 174 Å². The zero-order valence-corrected chi connectivity index (χ0v) is 24.6. The maximum absolute atomic E-state index is 8.81. The Morgan fingerprint density at radius 3 is 2.02 bits per heavy atom. The Kier molecular flexibility index (Phi) is 10.5. The van der Waals surface area contributed by atoms with Gasteiger partial charge in [0.15, 0.2) is 0 Å². The Balaban J connectivity index is 1.63. The van der Waals surface area contributed by atoms with Gasteiger partial charge in [-0.2, -0.15) is 0 Å². The molecule has 4 aliphatic rings. The fourth-order valence-electron chi connectivity index (χ4n) is 9.67. The molecule has 4 fully saturated rings. The van der Waals surface area contributed by atoms with Gasteiger partial charge < -0.3 is 14.2 Å². The first kappa shape index (κ1) is 30.8. The van der Waals surface area contributed by atoms with Gasteiger partial charge in [0, 0.05) is 39.8 Å². The molecule has 0 saturated heterocycles. The van der Waals surface area contributed by atoms with Gasteiger partial charge in [-0.1, -0.05) is 43.0 Å². The minimum absolute atomic E-state index is 0.0306. The van der Waals surface area contributed by atoms with Gasteiger partial charge in [0.25, 0.3) is 0 Å². The number of fused-ring (bicyclic) bond motifs is 5. The zero-order chi connectivity index (χ0) is 28.8. The second kappa shape index (κ2) is 13.6. The Morgan fingerprint density at radius 2 is 1.40 bits per heavy atom. The lowest BCUT2D eigenvalue weighted by molar-refractivity contribution is -0.226. The second-order valence-electron chi connectivity index (χ2n) is 13.2. The van der Waals surface area contributed by atoms with Crippen molar-refractivity contribution in [2.45, 2.75) is 91.0 Å². The number of ether oxygens (including phenoxy) is 3. The average Bonchev–Trinajstić information content (AvgIpc) is 3.30. The number of rotatable bonds is 13. The van der Waals surface area contributed by atoms with Crippen molar-refractivity contribution in [1.82, 2.24) is 0 Å². The number of hydrogen-bond acceptors (Lipinski definition) is 6. The summed E-state index contributed by atoms with van der Waals surface area (Å²) in [4.78, 5) is 8.70. The summed E-state index contributed by atoms with van der Waals surface area (Å²) in [7, 11) is 0. The van der Waals surface area contributed by atoms with E-state index in [-0.39, 0.29) is 29.1 Å². The zero-order valence-electron chi connectivity index (χ0n) is 24.6. The predicted molar refractivity (Wildman–Crippen MR) is 152 cm³/mol. The van der Waals surface area contributed by atoms with Crippen LogP contribution >= 0.6 is 0 Å². The van der Waals surface area contributed by atoms with Crippen LogP contribution in [0.2, 0.25) is 0 Å². The molecule has 0 radical (unpaired) electrons. The number of azide groups is 3. The van der Waals surface area contributed by atoms with Crippen molar-refractivity contribution in [1.29, 1.82) is 0 Å². The molecule has 4 saturated carbocycles. The molecule has 0 aromatic rings. The molecule has 4 unspecified atom stereocenters. The third-order valence-corrected chi connectivity index (χ3v) is 11.3. The summed E-state index contributed by atoms with van der Waals surface area (Å²) in [5.41, 5.74) is 26.4. The molecule has 0 heterocycles. The summed E-state index contributed by atoms with van der Waals surface area (Å²) in [6.07, 6.45) is 7.82. The highest BCUT2D eigenvalue weighted by atomic mass is 16.5. The molecule has 0 N–H and O–H groups in total. The molecule has 0 aliphatic heterocycles. The van der Waals surface area contributed by atoms with E-state index in [2.05, 4.69) is 57.8 Å². The van der Waals surface area contributed by atoms with Crippen molar-refractivity contribution in [3.63, 3.8) is 0 Å². The Bertz CT molecular complexity index is 1010. The lowest BCUT2D eigenvalue weighted by atomic mass is 9.43. The van der Waals surface area contributed by atoms with Crippen LogP contribution in [-0.2, 0) is 14.2 Å². The molecule has 40 heavy (non-hydrogen) atoms. The Labute approximate surface area is 237 Å². The number of nitrogens with zero attached hydrogens (tertiary/aromatic N) is 9. The molecule has 4 rings (SSSR count). The summed E-state index contributed by atoms with van der Waals surface area (Å²) in [5, 5.41) is 11.1. The Hall–Kier alpha value is -2.19. The highest BCUT2D eigenvalue weighted by molar-refractivity contribution is 5.15. The third-order valence-electron chi connectivity index (χ3n) is 11.3. The molecule has 0 aromatic carbocycles. The van der Waals surface area contributed by atoms with Gasteiger partial charge in [0.2, 0.25) is 0 Å². The monoisotopic (exact) mass is 557 g/mol. The van der Waals surface area contributed by atoms with Crippen molar-refractivity contribution in [3.8, 4) is 0 Å². The van der Waals surface area contributed by atoms with Crippen molar-refractivity contribution in [2.24, 2.45) is 61.7 Å². The fourth-order valence-corrected chi connectivity index (χ4v) is 9.67. The smallest absolute Gasteiger partial charge is 0.0637 e. The second-order valence-corrected chi connectivity index (χ2v) is 13.2. The highest BCUT2D eigenvalue weighted by Gasteiger charge is 2.66. The molecule has 222 valence electrons. The highest BCUT2D eigenvalue weighted by Crippen LogP contribution is 2.69. The summed E-state index contributed by atoms with van der Waals surface area (Å²) < 4.78 is 19.5. The quantitative estimate of drug-likeness (QED) is 0.0982. The van der Waals surface area contributed by atoms with Gasteiger partial charge in [-0.05, 0) is 102 Å². The summed E-state index contributed by atoms with van der Waals surface area (Å²) in [6, 6.07) is 0. The normalized spacial score (nSPS) is 40.1. The van der Waals surface area contributed by atoms with Crippen LogP contribution in [-0.4, -0.2) is 57.8 Å². The first-order valence-electron chi connectivity index (χ1n) is 15.2. The molecule has 4 aliphatic carbocycles. The summed E-state index contributed by atoms with van der Waals surface area (Å²) >= 11 is 0. The van der Waals surface area contributed by atoms with E-state index >= 15 is 0 Å². The number of hydrogen-bond donors (Lipinski definition) is 0. The minimum Gasteiger partial charge on any atom is -0.378 e. The van der Waals surface area contributed by atoms with E-state index in [1.54, 1.807) is 0 Å². The van der Waals surface area contributed by atoms with Crippen LogP contribution in [0.4, 0.5) is 0 Å². The van der Waals surface area contributed by atoms with Crippen LogP contribution in [0.3, 0.4) is 0 Å². The van der Waals surface area contributed by atoms with E-state index in [4.69, 9.17) is 30.8 Å². The SMILES string of the molecule is CC(C)[C@H]1CC[C@H]2C3[C@H](OCCN=[N+]=[N-])CC4CC(OCCN=[N+]=[N-])CC[C@]4(C)[C@H]3CC(OCCN=[N+]=[N-])[C@]12C. The van der Waals surface area contributed by atoms with E-state index in [1.165, 1.54) is 12.8 Å². The molecular weight excluding hydrogens is 510 g/mol. The summed E-state index contributed by atoms with van der Waals surface area (Å²) in [5.74, 6) is 2.95. The predicted octanol–water partition coefficient (Wildman–Crippen LogP) is 7.61. The molecule has 0 spiro atoms. The van der Waals surface area contributed by atoms with E-state index in [0.29, 0.717) is 75.0 Å². The van der Waals surface area contributed by atoms with E-state index in [9.17, 15) is 0 Å². The molecule has 0 amide bonds. The van der Waals surface area contributed by atoms with Crippen LogP contribution in [0, 0.1) is 46.3 Å². The molecule has 12 heteroatoms. The van der Waals surface area contributed by atoms with Gasteiger partial charge >= 0.3 is 0 Å². The van der Waals surface area contributed by atoms with Crippen molar-refractivity contribution in [3.05, 3.63) is 31.3 Å². The molecule has 12 nitrogen and oxygen atoms in total. The van der Waals surface area contributed by atoms with Crippen LogP contribution < -0.4 is 0 Å². The van der Waals surface area contributed by atoms with E-state index < -0.39 is 0 Å². The fraction of sp³-hybridized carbons (Fsp3) is 1.00. The van der Waals surface area contributed by atoms with Gasteiger partial charge in [-0.15, -0.1) is 0 Å². The van der Waals surface area contributed by atoms with Gasteiger partial charge in [-0.25, -0.2) is 0 Å². The maximum atomic E-state index is 8.81. The molecular formula is C28H47N9O3. The van der Waals surface area contributed by atoms with Crippen LogP contribution in [0.1, 0.15) is 72.6 Å². The average molecular weight is 558 g/mol. The minimum atomic E-state index is 0.0306. The van der Waals surface area contributed by atoms with Gasteiger partial charge in [0.1, 0.15) is 0 Å². The first-order chi connectivity index (χ1) is 19.3. The lowest BCUT2D eigenvalue weighted by Gasteiger charge is -2.64. The standard InChI is InChI=1S/C28H47N9O3/c1-18(2)21-5-6-22-26-23(17-25(28(21,22)4)40-14-11-34-37-31)27(3)8-7-20(38-12-9-32-35-29)15-19(27)16-24(26)39-13-10-33-36-30/h18-26H,5-17H2,1-4H3/t19?,20?,21-,22+,23+,24-,25?,26?,27+,28-/m1/s1. The van der Waals surface area contributed by atoms with Crippen LogP contribution in [0.5, 0.6) is 0 Å². The maximum Gasteiger partial charge on any atom is 0.0637 e. The van der Waals surface area contributed by atoms with Crippen molar-refractivity contribution < 1.29 is 14.2 Å². The van der Waals surface area contributed by atoms with Crippen LogP contribution in [0.25, 0.3) is 31.3 Å². The van der Waals surface area contributed by atoms with Crippen molar-refractivity contribution in [2.75, 3.05) is 39.5 Å². The molecule has 10 atom stereocenters. The lowest BCUT2D eigenvalue weighted by Crippen LogP contribution is -2.63. The van der Waals surface area contributed by atoms with Gasteiger partial charge in [0.05, 0.1) is 38.1 Å². The van der Waals surface area contributed by atoms with Crippen LogP contribution in [0.15, 0.2) is 15.3 Å². The Morgan fingerprint density at radius 1 is 0.775 bits per heavy atom. The molecule has 0 bridgehead atoms. The third kappa shape index (κ3) is 6.03. The first-order valence-corrected chi connectivity index (χ1v) is 15.2. The van der Waals surface area contributed by atoms with Gasteiger partial charge in [-0.3, -0.25) is 0 Å².